The number of benzene rings is 2. The highest BCUT2D eigenvalue weighted by Crippen LogP contribution is 2.36. The number of rotatable bonds is 10. The van der Waals surface area contributed by atoms with Crippen molar-refractivity contribution < 1.29 is 23.9 Å². The molecule has 4 rings (SSSR count). The van der Waals surface area contributed by atoms with E-state index in [4.69, 9.17) is 14.2 Å². The van der Waals surface area contributed by atoms with Crippen LogP contribution in [0.4, 0.5) is 5.69 Å². The van der Waals surface area contributed by atoms with Crippen molar-refractivity contribution in [1.29, 1.82) is 0 Å². The van der Waals surface area contributed by atoms with Crippen molar-refractivity contribution in [2.45, 2.75) is 52.7 Å². The van der Waals surface area contributed by atoms with E-state index in [0.717, 1.165) is 24.2 Å². The van der Waals surface area contributed by atoms with E-state index in [9.17, 15) is 19.7 Å². The van der Waals surface area contributed by atoms with Gasteiger partial charge in [0.15, 0.2) is 16.3 Å². The number of hydrogen-bond acceptors (Lipinski definition) is 9. The van der Waals surface area contributed by atoms with Crippen molar-refractivity contribution in [3.05, 3.63) is 94.7 Å². The number of esters is 1. The second-order valence-corrected chi connectivity index (χ2v) is 10.5. The van der Waals surface area contributed by atoms with Crippen LogP contribution in [0.25, 0.3) is 6.08 Å². The van der Waals surface area contributed by atoms with Crippen LogP contribution >= 0.6 is 11.3 Å². The Morgan fingerprint density at radius 2 is 1.98 bits per heavy atom. The molecule has 1 atom stereocenters. The van der Waals surface area contributed by atoms with Gasteiger partial charge in [0.2, 0.25) is 0 Å². The maximum Gasteiger partial charge on any atom is 0.338 e. The third kappa shape index (κ3) is 5.84. The third-order valence-electron chi connectivity index (χ3n) is 6.26. The summed E-state index contributed by atoms with van der Waals surface area (Å²) in [5, 5.41) is 11.6. The van der Waals surface area contributed by atoms with Crippen molar-refractivity contribution in [2.24, 2.45) is 4.99 Å². The molecule has 2 heterocycles. The van der Waals surface area contributed by atoms with Gasteiger partial charge in [-0.2, -0.15) is 0 Å². The molecule has 11 heteroatoms. The SMILES string of the molecule is CCCCOc1ccc(C2C(C(=O)OC(C)C)=C(C)N=c3sc(=Cc4ccccc4[N+](=O)[O-])c(=O)n32)cc1OC. The molecule has 2 aromatic carbocycles. The summed E-state index contributed by atoms with van der Waals surface area (Å²) < 4.78 is 18.7. The highest BCUT2D eigenvalue weighted by atomic mass is 32.1. The van der Waals surface area contributed by atoms with Crippen LogP contribution in [0, 0.1) is 10.1 Å². The van der Waals surface area contributed by atoms with Crippen LogP contribution in [0.15, 0.2) is 63.5 Å². The predicted molar refractivity (Wildman–Crippen MR) is 151 cm³/mol. The molecular formula is C29H31N3O7S. The molecule has 0 saturated heterocycles. The van der Waals surface area contributed by atoms with Crippen LogP contribution in [0.2, 0.25) is 0 Å². The number of ether oxygens (including phenoxy) is 3. The van der Waals surface area contributed by atoms with Crippen LogP contribution in [0.1, 0.15) is 57.7 Å². The Labute approximate surface area is 235 Å². The molecule has 0 spiro atoms. The first-order chi connectivity index (χ1) is 19.2. The van der Waals surface area contributed by atoms with E-state index in [1.807, 2.05) is 0 Å². The highest BCUT2D eigenvalue weighted by Gasteiger charge is 2.34. The molecule has 1 aliphatic rings. The fraction of sp³-hybridized carbons (Fsp3) is 0.345. The van der Waals surface area contributed by atoms with Crippen LogP contribution in [-0.4, -0.2) is 35.3 Å². The topological polar surface area (TPSA) is 122 Å². The van der Waals surface area contributed by atoms with Gasteiger partial charge in [0.05, 0.1) is 52.2 Å². The molecule has 0 bridgehead atoms. The molecule has 0 fully saturated rings. The number of aromatic nitrogens is 1. The number of thiazole rings is 1. The van der Waals surface area contributed by atoms with Gasteiger partial charge in [-0.1, -0.05) is 42.9 Å². The standard InChI is InChI=1S/C29H31N3O7S/c1-6-7-14-38-22-13-12-20(15-23(22)37-5)26-25(28(34)39-17(2)3)18(4)30-29-31(26)27(33)24(40-29)16-19-10-8-9-11-21(19)32(35)36/h8-13,15-17,26H,6-7,14H2,1-5H3. The Morgan fingerprint density at radius 3 is 2.65 bits per heavy atom. The van der Waals surface area contributed by atoms with E-state index in [2.05, 4.69) is 11.9 Å². The van der Waals surface area contributed by atoms with Gasteiger partial charge in [0.25, 0.3) is 11.2 Å². The van der Waals surface area contributed by atoms with Gasteiger partial charge in [-0.15, -0.1) is 0 Å². The van der Waals surface area contributed by atoms with E-state index in [1.54, 1.807) is 57.2 Å². The van der Waals surface area contributed by atoms with E-state index in [0.29, 0.717) is 39.7 Å². The Morgan fingerprint density at radius 1 is 1.23 bits per heavy atom. The van der Waals surface area contributed by atoms with Crippen LogP contribution in [0.5, 0.6) is 11.5 Å². The first kappa shape index (κ1) is 28.8. The van der Waals surface area contributed by atoms with E-state index < -0.39 is 22.5 Å². The monoisotopic (exact) mass is 565 g/mol. The summed E-state index contributed by atoms with van der Waals surface area (Å²) in [7, 11) is 1.53. The van der Waals surface area contributed by atoms with Gasteiger partial charge in [0.1, 0.15) is 0 Å². The number of nitro groups is 1. The lowest BCUT2D eigenvalue weighted by Gasteiger charge is -2.26. The molecule has 0 amide bonds. The van der Waals surface area contributed by atoms with E-state index in [-0.39, 0.29) is 21.9 Å². The molecule has 1 aliphatic heterocycles. The maximum atomic E-state index is 13.9. The number of unbranched alkanes of at least 4 members (excludes halogenated alkanes) is 1. The van der Waals surface area contributed by atoms with Gasteiger partial charge in [0, 0.05) is 6.07 Å². The van der Waals surface area contributed by atoms with Crippen LogP contribution in [0.3, 0.4) is 0 Å². The lowest BCUT2D eigenvalue weighted by molar-refractivity contribution is -0.385. The van der Waals surface area contributed by atoms with Crippen molar-refractivity contribution in [1.82, 2.24) is 4.57 Å². The zero-order valence-corrected chi connectivity index (χ0v) is 23.8. The number of nitrogens with zero attached hydrogens (tertiary/aromatic N) is 3. The largest absolute Gasteiger partial charge is 0.493 e. The lowest BCUT2D eigenvalue weighted by atomic mass is 9.95. The van der Waals surface area contributed by atoms with Crippen molar-refractivity contribution in [2.75, 3.05) is 13.7 Å². The summed E-state index contributed by atoms with van der Waals surface area (Å²) in [4.78, 5) is 43.2. The van der Waals surface area contributed by atoms with Crippen molar-refractivity contribution >= 4 is 29.1 Å². The summed E-state index contributed by atoms with van der Waals surface area (Å²) in [5.74, 6) is 0.425. The Hall–Kier alpha value is -4.25. The van der Waals surface area contributed by atoms with Crippen LogP contribution < -0.4 is 24.4 Å². The molecule has 1 aromatic heterocycles. The number of nitro benzene ring substituents is 1. The summed E-state index contributed by atoms with van der Waals surface area (Å²) in [5.41, 5.74) is 0.973. The number of fused-ring (bicyclic) bond motifs is 1. The number of hydrogen-bond donors (Lipinski definition) is 0. The Bertz CT molecular complexity index is 1650. The third-order valence-corrected chi connectivity index (χ3v) is 7.25. The van der Waals surface area contributed by atoms with Crippen molar-refractivity contribution in [3.63, 3.8) is 0 Å². The lowest BCUT2D eigenvalue weighted by Crippen LogP contribution is -2.40. The summed E-state index contributed by atoms with van der Waals surface area (Å²) in [6.07, 6.45) is 2.96. The molecule has 210 valence electrons. The summed E-state index contributed by atoms with van der Waals surface area (Å²) in [6, 6.07) is 10.6. The second-order valence-electron chi connectivity index (χ2n) is 9.46. The molecule has 3 aromatic rings. The Balaban J connectivity index is 1.93. The minimum Gasteiger partial charge on any atom is -0.493 e. The second kappa shape index (κ2) is 12.3. The number of methoxy groups -OCH3 is 1. The average molecular weight is 566 g/mol. The molecule has 10 nitrogen and oxygen atoms in total. The predicted octanol–water partition coefficient (Wildman–Crippen LogP) is 4.28. The van der Waals surface area contributed by atoms with Gasteiger partial charge >= 0.3 is 5.97 Å². The Kier molecular flexibility index (Phi) is 8.83. The quantitative estimate of drug-likeness (QED) is 0.156. The summed E-state index contributed by atoms with van der Waals surface area (Å²) >= 11 is 1.10. The van der Waals surface area contributed by atoms with E-state index >= 15 is 0 Å². The summed E-state index contributed by atoms with van der Waals surface area (Å²) in [6.45, 7) is 7.79. The number of allylic oxidation sites excluding steroid dienone is 1. The van der Waals surface area contributed by atoms with Crippen molar-refractivity contribution in [3.8, 4) is 11.5 Å². The fourth-order valence-corrected chi connectivity index (χ4v) is 5.43. The van der Waals surface area contributed by atoms with Crippen LogP contribution in [-0.2, 0) is 9.53 Å². The normalized spacial score (nSPS) is 15.1. The first-order valence-electron chi connectivity index (χ1n) is 12.9. The van der Waals surface area contributed by atoms with Gasteiger partial charge in [-0.3, -0.25) is 19.5 Å². The van der Waals surface area contributed by atoms with Gasteiger partial charge in [-0.05, 0) is 57.0 Å². The first-order valence-corrected chi connectivity index (χ1v) is 13.8. The molecule has 0 saturated carbocycles. The molecular weight excluding hydrogens is 534 g/mol. The van der Waals surface area contributed by atoms with Gasteiger partial charge in [-0.25, -0.2) is 9.79 Å². The average Bonchev–Trinajstić information content (AvgIpc) is 3.21. The van der Waals surface area contributed by atoms with Gasteiger partial charge < -0.3 is 14.2 Å². The number of carbonyl (C=O) groups is 1. The maximum absolute atomic E-state index is 13.9. The fourth-order valence-electron chi connectivity index (χ4n) is 4.39. The highest BCUT2D eigenvalue weighted by molar-refractivity contribution is 7.07. The number of carbonyl (C=O) groups excluding carboxylic acids is 1. The zero-order valence-electron chi connectivity index (χ0n) is 23.0. The van der Waals surface area contributed by atoms with E-state index in [1.165, 1.54) is 23.8 Å². The minimum atomic E-state index is -0.867. The molecule has 40 heavy (non-hydrogen) atoms. The molecule has 1 unspecified atom stereocenters. The molecule has 0 aliphatic carbocycles. The number of para-hydroxylation sites is 1. The zero-order chi connectivity index (χ0) is 29.0. The smallest absolute Gasteiger partial charge is 0.338 e. The minimum absolute atomic E-state index is 0.120. The molecule has 0 radical (unpaired) electrons. The molecule has 0 N–H and O–H groups in total.